The monoisotopic (exact) mass is 450 g/mol. The molecule has 8 heteroatoms. The number of amides is 1. The molecular formula is C25H24F2N4O2. The first-order chi connectivity index (χ1) is 15.8. The van der Waals surface area contributed by atoms with Gasteiger partial charge in [-0.25, -0.2) is 8.78 Å². The summed E-state index contributed by atoms with van der Waals surface area (Å²) in [4.78, 5) is 12.4. The molecule has 33 heavy (non-hydrogen) atoms. The van der Waals surface area contributed by atoms with Crippen LogP contribution in [0, 0.1) is 17.2 Å². The minimum absolute atomic E-state index is 0.129. The van der Waals surface area contributed by atoms with E-state index in [4.69, 9.17) is 10.00 Å². The van der Waals surface area contributed by atoms with Crippen LogP contribution in [0.15, 0.2) is 60.8 Å². The largest absolute Gasteiger partial charge is 0.490 e. The van der Waals surface area contributed by atoms with E-state index in [1.165, 1.54) is 0 Å². The van der Waals surface area contributed by atoms with Crippen LogP contribution in [-0.2, 0) is 17.8 Å². The van der Waals surface area contributed by atoms with E-state index in [1.54, 1.807) is 53.3 Å². The number of carbonyl (C=O) groups is 1. The van der Waals surface area contributed by atoms with Crippen LogP contribution in [0.3, 0.4) is 0 Å². The van der Waals surface area contributed by atoms with E-state index >= 15 is 0 Å². The van der Waals surface area contributed by atoms with Crippen LogP contribution >= 0.6 is 0 Å². The molecule has 0 radical (unpaired) electrons. The summed E-state index contributed by atoms with van der Waals surface area (Å²) in [5.41, 5.74) is 2.40. The quantitative estimate of drug-likeness (QED) is 0.535. The maximum absolute atomic E-state index is 13.0. The van der Waals surface area contributed by atoms with Crippen LogP contribution in [0.1, 0.15) is 36.5 Å². The molecule has 6 nitrogen and oxygen atoms in total. The fourth-order valence-electron chi connectivity index (χ4n) is 3.80. The first kappa shape index (κ1) is 22.5. The molecule has 1 atom stereocenters. The molecule has 2 aromatic carbocycles. The lowest BCUT2D eigenvalue weighted by molar-refractivity contribution is -0.133. The summed E-state index contributed by atoms with van der Waals surface area (Å²) in [5, 5.41) is 16.0. The molecule has 3 aromatic rings. The highest BCUT2D eigenvalue weighted by Gasteiger charge is 2.48. The molecule has 0 spiro atoms. The SMILES string of the molecule is CC(Oc1ccc(CC(=O)Nc2ccn(Cc3ccc(C#N)cc3)n2)cc1)C1CC(F)(F)C1. The third-order valence-corrected chi connectivity index (χ3v) is 5.73. The number of halogens is 2. The zero-order valence-electron chi connectivity index (χ0n) is 18.2. The highest BCUT2D eigenvalue weighted by molar-refractivity contribution is 5.91. The van der Waals surface area contributed by atoms with Crippen molar-refractivity contribution in [2.75, 3.05) is 5.32 Å². The molecule has 170 valence electrons. The van der Waals surface area contributed by atoms with Crippen LogP contribution in [0.25, 0.3) is 0 Å². The molecule has 1 saturated carbocycles. The number of carbonyl (C=O) groups excluding carboxylic acids is 1. The minimum Gasteiger partial charge on any atom is -0.490 e. The zero-order chi connectivity index (χ0) is 23.4. The maximum atomic E-state index is 13.0. The third-order valence-electron chi connectivity index (χ3n) is 5.73. The van der Waals surface area contributed by atoms with Crippen LogP contribution in [-0.4, -0.2) is 27.7 Å². The van der Waals surface area contributed by atoms with Crippen molar-refractivity contribution in [2.24, 2.45) is 5.92 Å². The second-order valence-corrected chi connectivity index (χ2v) is 8.42. The fraction of sp³-hybridized carbons (Fsp3) is 0.320. The second-order valence-electron chi connectivity index (χ2n) is 8.42. The molecule has 0 saturated heterocycles. The highest BCUT2D eigenvalue weighted by atomic mass is 19.3. The lowest BCUT2D eigenvalue weighted by atomic mass is 9.78. The molecule has 1 N–H and O–H groups in total. The van der Waals surface area contributed by atoms with Crippen molar-refractivity contribution in [1.82, 2.24) is 9.78 Å². The molecular weight excluding hydrogens is 426 g/mol. The number of alkyl halides is 2. The van der Waals surface area contributed by atoms with E-state index in [0.29, 0.717) is 23.7 Å². The predicted octanol–water partition coefficient (Wildman–Crippen LogP) is 4.80. The number of anilines is 1. The molecule has 4 rings (SSSR count). The van der Waals surface area contributed by atoms with Crippen molar-refractivity contribution in [3.05, 3.63) is 77.5 Å². The minimum atomic E-state index is -2.56. The molecule has 0 aliphatic heterocycles. The molecule has 1 heterocycles. The number of benzene rings is 2. The molecule has 1 unspecified atom stereocenters. The molecule has 1 fully saturated rings. The number of aromatic nitrogens is 2. The van der Waals surface area contributed by atoms with Gasteiger partial charge in [0.1, 0.15) is 5.75 Å². The van der Waals surface area contributed by atoms with Gasteiger partial charge < -0.3 is 10.1 Å². The van der Waals surface area contributed by atoms with E-state index in [2.05, 4.69) is 16.5 Å². The van der Waals surface area contributed by atoms with Crippen LogP contribution < -0.4 is 10.1 Å². The van der Waals surface area contributed by atoms with Gasteiger partial charge in [-0.3, -0.25) is 9.48 Å². The smallest absolute Gasteiger partial charge is 0.249 e. The zero-order valence-corrected chi connectivity index (χ0v) is 18.2. The number of hydrogen-bond donors (Lipinski definition) is 1. The Labute approximate surface area is 190 Å². The summed E-state index contributed by atoms with van der Waals surface area (Å²) in [7, 11) is 0. The van der Waals surface area contributed by atoms with Crippen LogP contribution in [0.4, 0.5) is 14.6 Å². The molecule has 1 amide bonds. The van der Waals surface area contributed by atoms with E-state index in [9.17, 15) is 13.6 Å². The average molecular weight is 450 g/mol. The maximum Gasteiger partial charge on any atom is 0.249 e. The van der Waals surface area contributed by atoms with Gasteiger partial charge >= 0.3 is 0 Å². The predicted molar refractivity (Wildman–Crippen MR) is 119 cm³/mol. The van der Waals surface area contributed by atoms with Crippen LogP contribution in [0.5, 0.6) is 5.75 Å². The Morgan fingerprint density at radius 2 is 1.85 bits per heavy atom. The van der Waals surface area contributed by atoms with Gasteiger partial charge in [-0.15, -0.1) is 0 Å². The lowest BCUT2D eigenvalue weighted by Gasteiger charge is -2.38. The standard InChI is InChI=1S/C25H24F2N4O2/c1-17(21-13-25(26,27)14-21)33-22-8-6-18(7-9-22)12-24(32)29-23-10-11-31(30-23)16-20-4-2-19(15-28)3-5-20/h2-11,17,21H,12-14,16H2,1H3,(H,29,30,32). The molecule has 1 aliphatic carbocycles. The Morgan fingerprint density at radius 3 is 2.48 bits per heavy atom. The second kappa shape index (κ2) is 9.41. The number of nitrogens with one attached hydrogen (secondary N) is 1. The lowest BCUT2D eigenvalue weighted by Crippen LogP contribution is -2.43. The van der Waals surface area contributed by atoms with Gasteiger partial charge in [0.05, 0.1) is 30.7 Å². The summed E-state index contributed by atoms with van der Waals surface area (Å²) in [5.74, 6) is -1.83. The van der Waals surface area contributed by atoms with E-state index in [0.717, 1.165) is 11.1 Å². The van der Waals surface area contributed by atoms with Gasteiger partial charge in [0.2, 0.25) is 11.8 Å². The summed E-state index contributed by atoms with van der Waals surface area (Å²) >= 11 is 0. The Balaban J connectivity index is 1.25. The van der Waals surface area contributed by atoms with Gasteiger partial charge in [0.15, 0.2) is 5.82 Å². The first-order valence-corrected chi connectivity index (χ1v) is 10.8. The normalized spacial score (nSPS) is 15.8. The summed E-state index contributed by atoms with van der Waals surface area (Å²) in [6.07, 6.45) is 1.41. The topological polar surface area (TPSA) is 79.9 Å². The van der Waals surface area contributed by atoms with Crippen molar-refractivity contribution in [1.29, 1.82) is 5.26 Å². The molecule has 0 bridgehead atoms. The van der Waals surface area contributed by atoms with Gasteiger partial charge in [-0.1, -0.05) is 24.3 Å². The van der Waals surface area contributed by atoms with E-state index < -0.39 is 5.92 Å². The summed E-state index contributed by atoms with van der Waals surface area (Å²) in [6, 6.07) is 18.1. The fourth-order valence-corrected chi connectivity index (χ4v) is 3.80. The van der Waals surface area contributed by atoms with Crippen molar-refractivity contribution in [2.45, 2.75) is 44.8 Å². The number of rotatable bonds is 8. The van der Waals surface area contributed by atoms with Gasteiger partial charge in [0, 0.05) is 31.0 Å². The number of ether oxygens (including phenoxy) is 1. The van der Waals surface area contributed by atoms with Crippen LogP contribution in [0.2, 0.25) is 0 Å². The molecule has 1 aromatic heterocycles. The Kier molecular flexibility index (Phi) is 6.40. The van der Waals surface area contributed by atoms with Crippen molar-refractivity contribution in [3.8, 4) is 11.8 Å². The highest BCUT2D eigenvalue weighted by Crippen LogP contribution is 2.44. The Bertz CT molecular complexity index is 1140. The third kappa shape index (κ3) is 5.95. The number of hydrogen-bond acceptors (Lipinski definition) is 4. The first-order valence-electron chi connectivity index (χ1n) is 10.8. The van der Waals surface area contributed by atoms with Crippen molar-refractivity contribution in [3.63, 3.8) is 0 Å². The van der Waals surface area contributed by atoms with E-state index in [1.807, 2.05) is 19.1 Å². The summed E-state index contributed by atoms with van der Waals surface area (Å²) in [6.45, 7) is 2.34. The summed E-state index contributed by atoms with van der Waals surface area (Å²) < 4.78 is 33.5. The molecule has 1 aliphatic rings. The van der Waals surface area contributed by atoms with Gasteiger partial charge in [0.25, 0.3) is 0 Å². The van der Waals surface area contributed by atoms with Gasteiger partial charge in [-0.2, -0.15) is 10.4 Å². The van der Waals surface area contributed by atoms with Gasteiger partial charge in [-0.05, 0) is 42.3 Å². The number of nitrogens with zero attached hydrogens (tertiary/aromatic N) is 3. The average Bonchev–Trinajstić information content (AvgIpc) is 3.20. The van der Waals surface area contributed by atoms with Crippen molar-refractivity contribution >= 4 is 11.7 Å². The van der Waals surface area contributed by atoms with E-state index in [-0.39, 0.29) is 37.2 Å². The Hall–Kier alpha value is -3.73. The Morgan fingerprint density at radius 1 is 1.18 bits per heavy atom. The van der Waals surface area contributed by atoms with Crippen molar-refractivity contribution < 1.29 is 18.3 Å². The number of nitriles is 1.